The Bertz CT molecular complexity index is 475. The maximum Gasteiger partial charge on any atom is 0.136 e. The monoisotopic (exact) mass is 291 g/mol. The average Bonchev–Trinajstić information content (AvgIpc) is 2.31. The van der Waals surface area contributed by atoms with Gasteiger partial charge in [0, 0.05) is 23.4 Å². The van der Waals surface area contributed by atoms with Crippen molar-refractivity contribution in [2.24, 2.45) is 0 Å². The Morgan fingerprint density at radius 3 is 2.14 bits per heavy atom. The fourth-order valence-corrected chi connectivity index (χ4v) is 2.27. The van der Waals surface area contributed by atoms with Crippen molar-refractivity contribution in [3.05, 3.63) is 17.6 Å². The summed E-state index contributed by atoms with van der Waals surface area (Å²) in [7, 11) is 0. The van der Waals surface area contributed by atoms with Gasteiger partial charge >= 0.3 is 0 Å². The highest BCUT2D eigenvalue weighted by atomic mass is 16.3. The largest absolute Gasteiger partial charge is 0.388 e. The Balaban J connectivity index is 2.27. The minimum atomic E-state index is -0.547. The minimum Gasteiger partial charge on any atom is -0.388 e. The van der Waals surface area contributed by atoms with Crippen LogP contribution in [-0.2, 0) is 10.8 Å². The minimum absolute atomic E-state index is 0.0211. The van der Waals surface area contributed by atoms with Crippen LogP contribution in [0.4, 0.5) is 5.82 Å². The fourth-order valence-electron chi connectivity index (χ4n) is 2.27. The number of aliphatic hydroxyl groups is 1. The van der Waals surface area contributed by atoms with Crippen LogP contribution in [0.25, 0.3) is 0 Å². The van der Waals surface area contributed by atoms with E-state index in [1.807, 2.05) is 6.07 Å². The molecule has 4 heteroatoms. The maximum atomic E-state index is 10.2. The summed E-state index contributed by atoms with van der Waals surface area (Å²) < 4.78 is 0. The molecule has 21 heavy (non-hydrogen) atoms. The zero-order valence-corrected chi connectivity index (χ0v) is 14.2. The molecule has 2 rings (SSSR count). The van der Waals surface area contributed by atoms with Crippen LogP contribution in [0.5, 0.6) is 0 Å². The number of anilines is 1. The lowest BCUT2D eigenvalue weighted by atomic mass is 9.80. The van der Waals surface area contributed by atoms with Gasteiger partial charge in [0.2, 0.25) is 0 Å². The molecule has 0 aromatic carbocycles. The second kappa shape index (κ2) is 5.24. The van der Waals surface area contributed by atoms with Gasteiger partial charge in [-0.1, -0.05) is 41.5 Å². The lowest BCUT2D eigenvalue weighted by Crippen LogP contribution is -2.43. The standard InChI is InChI=1S/C17H29N3O/c1-15(2,3)12-10-13(18-11-17(21)8-7-9-17)20-14(19-12)16(4,5)6/h10,21H,7-9,11H2,1-6H3,(H,18,19,20). The highest BCUT2D eigenvalue weighted by Crippen LogP contribution is 2.32. The topological polar surface area (TPSA) is 58.0 Å². The Labute approximate surface area is 128 Å². The molecule has 1 saturated carbocycles. The first-order chi connectivity index (χ1) is 9.50. The highest BCUT2D eigenvalue weighted by molar-refractivity contribution is 5.39. The van der Waals surface area contributed by atoms with E-state index in [4.69, 9.17) is 4.98 Å². The molecule has 0 bridgehead atoms. The van der Waals surface area contributed by atoms with Crippen LogP contribution in [0.3, 0.4) is 0 Å². The van der Waals surface area contributed by atoms with E-state index in [0.29, 0.717) is 6.54 Å². The van der Waals surface area contributed by atoms with Crippen molar-refractivity contribution < 1.29 is 5.11 Å². The predicted octanol–water partition coefficient (Wildman–Crippen LogP) is 3.40. The van der Waals surface area contributed by atoms with Gasteiger partial charge in [-0.15, -0.1) is 0 Å². The van der Waals surface area contributed by atoms with E-state index in [-0.39, 0.29) is 10.8 Å². The molecule has 1 fully saturated rings. The van der Waals surface area contributed by atoms with Crippen molar-refractivity contribution in [3.63, 3.8) is 0 Å². The van der Waals surface area contributed by atoms with Gasteiger partial charge in [0.15, 0.2) is 0 Å². The van der Waals surface area contributed by atoms with Crippen LogP contribution in [0.1, 0.15) is 72.3 Å². The van der Waals surface area contributed by atoms with E-state index in [1.165, 1.54) is 0 Å². The first-order valence-corrected chi connectivity index (χ1v) is 7.86. The van der Waals surface area contributed by atoms with E-state index in [9.17, 15) is 5.11 Å². The molecule has 1 aromatic heterocycles. The second-order valence-corrected chi connectivity index (χ2v) is 8.39. The second-order valence-electron chi connectivity index (χ2n) is 8.39. The summed E-state index contributed by atoms with van der Waals surface area (Å²) in [4.78, 5) is 9.39. The quantitative estimate of drug-likeness (QED) is 0.896. The average molecular weight is 291 g/mol. The molecule has 0 unspecified atom stereocenters. The Morgan fingerprint density at radius 2 is 1.71 bits per heavy atom. The number of nitrogens with zero attached hydrogens (tertiary/aromatic N) is 2. The summed E-state index contributed by atoms with van der Waals surface area (Å²) in [6, 6.07) is 2.01. The highest BCUT2D eigenvalue weighted by Gasteiger charge is 2.34. The third kappa shape index (κ3) is 3.94. The zero-order chi connectivity index (χ0) is 15.9. The summed E-state index contributed by atoms with van der Waals surface area (Å²) >= 11 is 0. The molecule has 0 spiro atoms. The molecule has 0 atom stereocenters. The molecule has 0 amide bonds. The van der Waals surface area contributed by atoms with Gasteiger partial charge in [0.1, 0.15) is 11.6 Å². The molecule has 0 saturated heterocycles. The summed E-state index contributed by atoms with van der Waals surface area (Å²) in [6.45, 7) is 13.4. The summed E-state index contributed by atoms with van der Waals surface area (Å²) in [5.41, 5.74) is 0.373. The van der Waals surface area contributed by atoms with E-state index >= 15 is 0 Å². The van der Waals surface area contributed by atoms with Gasteiger partial charge in [-0.05, 0) is 19.3 Å². The van der Waals surface area contributed by atoms with Crippen LogP contribution >= 0.6 is 0 Å². The summed E-state index contributed by atoms with van der Waals surface area (Å²) in [6.07, 6.45) is 2.87. The third-order valence-corrected chi connectivity index (χ3v) is 4.05. The smallest absolute Gasteiger partial charge is 0.136 e. The van der Waals surface area contributed by atoms with Crippen molar-refractivity contribution in [2.75, 3.05) is 11.9 Å². The zero-order valence-electron chi connectivity index (χ0n) is 14.2. The number of nitrogens with one attached hydrogen (secondary N) is 1. The van der Waals surface area contributed by atoms with Crippen molar-refractivity contribution in [1.29, 1.82) is 0 Å². The van der Waals surface area contributed by atoms with Crippen molar-refractivity contribution >= 4 is 5.82 Å². The Morgan fingerprint density at radius 1 is 1.10 bits per heavy atom. The lowest BCUT2D eigenvalue weighted by Gasteiger charge is -2.36. The van der Waals surface area contributed by atoms with Crippen LogP contribution in [0.15, 0.2) is 6.07 Å². The predicted molar refractivity (Wildman–Crippen MR) is 86.7 cm³/mol. The molecule has 0 aliphatic heterocycles. The van der Waals surface area contributed by atoms with Gasteiger partial charge in [-0.2, -0.15) is 0 Å². The molecule has 0 radical (unpaired) electrons. The molecule has 2 N–H and O–H groups in total. The first-order valence-electron chi connectivity index (χ1n) is 7.86. The molecule has 1 heterocycles. The van der Waals surface area contributed by atoms with Crippen molar-refractivity contribution in [3.8, 4) is 0 Å². The van der Waals surface area contributed by atoms with E-state index < -0.39 is 5.60 Å². The van der Waals surface area contributed by atoms with E-state index in [1.54, 1.807) is 0 Å². The SMILES string of the molecule is CC(C)(C)c1cc(NCC2(O)CCC2)nc(C(C)(C)C)n1. The van der Waals surface area contributed by atoms with Crippen LogP contribution in [-0.4, -0.2) is 27.2 Å². The van der Waals surface area contributed by atoms with Crippen LogP contribution in [0, 0.1) is 0 Å². The molecule has 118 valence electrons. The van der Waals surface area contributed by atoms with Crippen LogP contribution < -0.4 is 5.32 Å². The van der Waals surface area contributed by atoms with Gasteiger partial charge in [0.25, 0.3) is 0 Å². The normalized spacial score (nSPS) is 18.2. The van der Waals surface area contributed by atoms with Crippen molar-refractivity contribution in [2.45, 2.75) is 77.2 Å². The fraction of sp³-hybridized carbons (Fsp3) is 0.765. The Hall–Kier alpha value is -1.16. The number of hydrogen-bond donors (Lipinski definition) is 2. The molecular formula is C17H29N3O. The molecule has 1 aromatic rings. The van der Waals surface area contributed by atoms with Gasteiger partial charge in [-0.3, -0.25) is 0 Å². The number of aromatic nitrogens is 2. The van der Waals surface area contributed by atoms with Gasteiger partial charge in [-0.25, -0.2) is 9.97 Å². The molecule has 4 nitrogen and oxygen atoms in total. The molecule has 1 aliphatic rings. The van der Waals surface area contributed by atoms with Gasteiger partial charge < -0.3 is 10.4 Å². The summed E-state index contributed by atoms with van der Waals surface area (Å²) in [5, 5.41) is 13.5. The number of hydrogen-bond acceptors (Lipinski definition) is 4. The van der Waals surface area contributed by atoms with E-state index in [2.05, 4.69) is 51.8 Å². The van der Waals surface area contributed by atoms with E-state index in [0.717, 1.165) is 36.6 Å². The van der Waals surface area contributed by atoms with Gasteiger partial charge in [0.05, 0.1) is 11.3 Å². The maximum absolute atomic E-state index is 10.2. The third-order valence-electron chi connectivity index (χ3n) is 4.05. The van der Waals surface area contributed by atoms with Crippen molar-refractivity contribution in [1.82, 2.24) is 9.97 Å². The lowest BCUT2D eigenvalue weighted by molar-refractivity contribution is -0.0202. The molecular weight excluding hydrogens is 262 g/mol. The summed E-state index contributed by atoms with van der Waals surface area (Å²) in [5.74, 6) is 1.66. The first kappa shape index (κ1) is 16.2. The van der Waals surface area contributed by atoms with Crippen LogP contribution in [0.2, 0.25) is 0 Å². The Kier molecular flexibility index (Phi) is 4.04. The number of rotatable bonds is 3. The molecule has 1 aliphatic carbocycles.